The van der Waals surface area contributed by atoms with Gasteiger partial charge in [0.05, 0.1) is 237 Å². The summed E-state index contributed by atoms with van der Waals surface area (Å²) in [6.45, 7) is 6.38. The quantitative estimate of drug-likeness (QED) is 0.0552. The van der Waals surface area contributed by atoms with Crippen LogP contribution in [0.25, 0.3) is 0 Å². The third kappa shape index (κ3) is 49.9. The number of nitrogens with zero attached hydrogens (tertiary/aromatic N) is 3. The summed E-state index contributed by atoms with van der Waals surface area (Å²) in [6, 6.07) is 0. The molecule has 8 amide bonds. The molecule has 3 aliphatic rings. The van der Waals surface area contributed by atoms with Gasteiger partial charge in [0, 0.05) is 104 Å². The molecule has 3 rings (SSSR count). The SMILES string of the molecule is COCCOCCOCCC(=O)NC(COCCC(=O)CCCOCCOCCOCCOCCC(=O)ON1C(=O)CCC1=O)(COCCC(=O)CCCOCCOCCOCCOCCC(=O)ON1C(=O)CCC1=O)COCCC(=O)NCCOCCOCCOCCOCCC(=O)ON1C(=O)CCC1=O. The Morgan fingerprint density at radius 3 is 0.832 bits per heavy atom. The number of ether oxygens (including phenoxy) is 18. The van der Waals surface area contributed by atoms with Crippen LogP contribution in [0.1, 0.15) is 109 Å². The first-order valence-electron chi connectivity index (χ1n) is 36.1. The number of carbonyl (C=O) groups is 13. The number of methoxy groups -OCH3 is 1. The van der Waals surface area contributed by atoms with Gasteiger partial charge in [0.1, 0.15) is 17.1 Å². The van der Waals surface area contributed by atoms with Gasteiger partial charge in [-0.15, -0.1) is 15.2 Å². The van der Waals surface area contributed by atoms with Crippen molar-refractivity contribution in [3.63, 3.8) is 0 Å². The number of nitrogens with one attached hydrogen (secondary N) is 2. The summed E-state index contributed by atoms with van der Waals surface area (Å²) in [5.74, 6) is -6.57. The number of Topliss-reactive ketones (excluding diaryl/α,β-unsaturated/α-hetero) is 2. The second kappa shape index (κ2) is 63.2. The standard InChI is InChI=1S/C68H111N5O34/c1-87-30-31-95-41-34-90-24-15-58(77)70-68(52-102-22-12-55(74)4-2-20-88-32-39-96-46-48-98-42-35-91-26-16-65(84)105-71-59(78)6-7-60(71)79,53-103-23-13-56(75)5-3-21-89-33-40-97-47-49-99-43-36-92-27-17-66(85)106-72-61(80)8-9-62(72)81)54-104-25-14-57(76)69-19-29-94-38-45-101-51-50-100-44-37-93-28-18-67(86)107-73-63(82)10-11-64(73)83/h2-54H2,1H3,(H,69,76)(H,70,77). The third-order valence-electron chi connectivity index (χ3n) is 14.7. The topological polar surface area (TPSA) is 450 Å². The van der Waals surface area contributed by atoms with E-state index >= 15 is 0 Å². The summed E-state index contributed by atoms with van der Waals surface area (Å²) in [5.41, 5.74) is -1.36. The summed E-state index contributed by atoms with van der Waals surface area (Å²) >= 11 is 0. The molecule has 39 heteroatoms. The zero-order valence-electron chi connectivity index (χ0n) is 61.7. The summed E-state index contributed by atoms with van der Waals surface area (Å²) in [5, 5.41) is 7.21. The van der Waals surface area contributed by atoms with E-state index in [1.807, 2.05) is 0 Å². The Morgan fingerprint density at radius 1 is 0.280 bits per heavy atom. The molecule has 2 N–H and O–H groups in total. The largest absolute Gasteiger partial charge is 0.382 e. The fourth-order valence-corrected chi connectivity index (χ4v) is 9.07. The van der Waals surface area contributed by atoms with Gasteiger partial charge in [-0.2, -0.15) is 0 Å². The van der Waals surface area contributed by atoms with Crippen LogP contribution >= 0.6 is 0 Å². The van der Waals surface area contributed by atoms with Gasteiger partial charge in [-0.05, 0) is 12.8 Å². The van der Waals surface area contributed by atoms with Crippen LogP contribution in [0.15, 0.2) is 0 Å². The monoisotopic (exact) mass is 1540 g/mol. The highest BCUT2D eigenvalue weighted by atomic mass is 16.7. The highest BCUT2D eigenvalue weighted by molar-refractivity contribution is 6.03. The second-order valence-corrected chi connectivity index (χ2v) is 23.6. The second-order valence-electron chi connectivity index (χ2n) is 23.6. The van der Waals surface area contributed by atoms with Gasteiger partial charge in [0.2, 0.25) is 11.8 Å². The fourth-order valence-electron chi connectivity index (χ4n) is 9.07. The van der Waals surface area contributed by atoms with Gasteiger partial charge in [-0.25, -0.2) is 14.4 Å². The van der Waals surface area contributed by atoms with Crippen molar-refractivity contribution in [3.05, 3.63) is 0 Å². The molecule has 0 aromatic carbocycles. The zero-order chi connectivity index (χ0) is 77.5. The number of ketones is 2. The van der Waals surface area contributed by atoms with Crippen LogP contribution in [-0.4, -0.2) is 342 Å². The van der Waals surface area contributed by atoms with Crippen molar-refractivity contribution in [2.75, 3.05) is 245 Å². The number of hydroxylamine groups is 6. The van der Waals surface area contributed by atoms with Crippen LogP contribution in [0.5, 0.6) is 0 Å². The Bertz CT molecular complexity index is 2280. The summed E-state index contributed by atoms with van der Waals surface area (Å²) in [7, 11) is 1.56. The van der Waals surface area contributed by atoms with Crippen LogP contribution < -0.4 is 10.6 Å². The molecule has 0 radical (unpaired) electrons. The van der Waals surface area contributed by atoms with E-state index in [9.17, 15) is 62.3 Å². The fraction of sp³-hybridized carbons (Fsp3) is 0.809. The lowest BCUT2D eigenvalue weighted by atomic mass is 10.0. The molecule has 107 heavy (non-hydrogen) atoms. The van der Waals surface area contributed by atoms with E-state index in [1.165, 1.54) is 0 Å². The molecule has 0 spiro atoms. The first kappa shape index (κ1) is 94.6. The minimum absolute atomic E-state index is 0.00649. The van der Waals surface area contributed by atoms with Gasteiger partial charge < -0.3 is 110 Å². The molecule has 0 aromatic rings. The van der Waals surface area contributed by atoms with E-state index in [0.29, 0.717) is 67.7 Å². The van der Waals surface area contributed by atoms with Crippen molar-refractivity contribution in [1.29, 1.82) is 0 Å². The summed E-state index contributed by atoms with van der Waals surface area (Å²) < 4.78 is 100.0. The van der Waals surface area contributed by atoms with Gasteiger partial charge in [0.15, 0.2) is 0 Å². The Kier molecular flexibility index (Phi) is 55.9. The number of hydrogen-bond donors (Lipinski definition) is 2. The van der Waals surface area contributed by atoms with Crippen molar-refractivity contribution in [2.24, 2.45) is 0 Å². The predicted molar refractivity (Wildman–Crippen MR) is 362 cm³/mol. The molecule has 3 saturated heterocycles. The van der Waals surface area contributed by atoms with Crippen molar-refractivity contribution < 1.29 is 162 Å². The molecule has 0 unspecified atom stereocenters. The Morgan fingerprint density at radius 2 is 0.523 bits per heavy atom. The normalized spacial score (nSPS) is 13.9. The average Bonchev–Trinajstić information content (AvgIpc) is 1.49. The van der Waals surface area contributed by atoms with Crippen LogP contribution in [0.4, 0.5) is 0 Å². The molecule has 0 atom stereocenters. The lowest BCUT2D eigenvalue weighted by Crippen LogP contribution is -2.59. The van der Waals surface area contributed by atoms with E-state index < -0.39 is 64.8 Å². The molecule has 3 heterocycles. The smallest absolute Gasteiger partial charge is 0.335 e. The Hall–Kier alpha value is -6.61. The first-order valence-corrected chi connectivity index (χ1v) is 36.1. The third-order valence-corrected chi connectivity index (χ3v) is 14.7. The maximum Gasteiger partial charge on any atom is 0.335 e. The average molecular weight is 1540 g/mol. The molecule has 0 aliphatic carbocycles. The highest BCUT2D eigenvalue weighted by Gasteiger charge is 2.36. The van der Waals surface area contributed by atoms with E-state index in [2.05, 4.69) is 10.6 Å². The number of carbonyl (C=O) groups excluding carboxylic acids is 13. The maximum atomic E-state index is 13.6. The van der Waals surface area contributed by atoms with E-state index in [-0.39, 0.29) is 312 Å². The van der Waals surface area contributed by atoms with Gasteiger partial charge in [0.25, 0.3) is 35.4 Å². The lowest BCUT2D eigenvalue weighted by molar-refractivity contribution is -0.198. The van der Waals surface area contributed by atoms with Crippen LogP contribution in [0, 0.1) is 0 Å². The maximum absolute atomic E-state index is 13.6. The van der Waals surface area contributed by atoms with E-state index in [4.69, 9.17) is 99.8 Å². The van der Waals surface area contributed by atoms with Gasteiger partial charge in [-0.3, -0.25) is 47.9 Å². The van der Waals surface area contributed by atoms with Crippen LogP contribution in [0.2, 0.25) is 0 Å². The van der Waals surface area contributed by atoms with Crippen LogP contribution in [-0.2, 0) is 162 Å². The Labute approximate surface area is 622 Å². The van der Waals surface area contributed by atoms with Crippen molar-refractivity contribution in [1.82, 2.24) is 25.8 Å². The minimum Gasteiger partial charge on any atom is -0.382 e. The molecule has 612 valence electrons. The van der Waals surface area contributed by atoms with Gasteiger partial charge >= 0.3 is 17.9 Å². The molecular weight excluding hydrogens is 1430 g/mol. The molecule has 0 saturated carbocycles. The molecule has 3 fully saturated rings. The zero-order valence-corrected chi connectivity index (χ0v) is 61.7. The first-order chi connectivity index (χ1) is 52.0. The van der Waals surface area contributed by atoms with Gasteiger partial charge in [-0.1, -0.05) is 0 Å². The van der Waals surface area contributed by atoms with Crippen molar-refractivity contribution >= 4 is 76.7 Å². The molecule has 39 nitrogen and oxygen atoms in total. The summed E-state index contributed by atoms with van der Waals surface area (Å²) in [6.07, 6.45) is 0.873. The van der Waals surface area contributed by atoms with Crippen LogP contribution in [0.3, 0.4) is 0 Å². The number of amides is 8. The lowest BCUT2D eigenvalue weighted by Gasteiger charge is -2.34. The Balaban J connectivity index is 1.37. The number of rotatable bonds is 75. The molecule has 3 aliphatic heterocycles. The predicted octanol–water partition coefficient (Wildman–Crippen LogP) is -0.863. The van der Waals surface area contributed by atoms with E-state index in [1.54, 1.807) is 7.11 Å². The number of hydrogen-bond acceptors (Lipinski definition) is 34. The van der Waals surface area contributed by atoms with E-state index in [0.717, 1.165) is 0 Å². The highest BCUT2D eigenvalue weighted by Crippen LogP contribution is 2.16. The van der Waals surface area contributed by atoms with Crippen molar-refractivity contribution in [2.45, 2.75) is 115 Å². The molecule has 0 bridgehead atoms. The number of imide groups is 3. The summed E-state index contributed by atoms with van der Waals surface area (Å²) in [4.78, 5) is 172. The van der Waals surface area contributed by atoms with Crippen molar-refractivity contribution in [3.8, 4) is 0 Å². The molecule has 0 aromatic heterocycles. The minimum atomic E-state index is -1.36. The molecular formula is C68H111N5O34.